The van der Waals surface area contributed by atoms with Crippen molar-refractivity contribution in [1.29, 1.82) is 0 Å². The number of likely N-dealkylation sites (N-methyl/N-ethyl adjacent to an activating group) is 1. The summed E-state index contributed by atoms with van der Waals surface area (Å²) in [6.45, 7) is 0.0522. The molecule has 0 radical (unpaired) electrons. The van der Waals surface area contributed by atoms with Crippen LogP contribution < -0.4 is 4.74 Å². The van der Waals surface area contributed by atoms with Gasteiger partial charge >= 0.3 is 0 Å². The number of piperazine rings is 1. The number of phenolic OH excluding ortho intramolecular Hbond substituents is 1. The number of amides is 2. The first-order valence-corrected chi connectivity index (χ1v) is 9.52. The van der Waals surface area contributed by atoms with E-state index >= 15 is 0 Å². The quantitative estimate of drug-likeness (QED) is 0.701. The molecule has 2 aliphatic rings. The van der Waals surface area contributed by atoms with Crippen LogP contribution in [0.1, 0.15) is 22.9 Å². The second-order valence-electron chi connectivity index (χ2n) is 7.61. The number of nitrogens with zero attached hydrogens (tertiary/aromatic N) is 2. The molecule has 5 rings (SSSR count). The largest absolute Gasteiger partial charge is 0.504 e. The molecular weight excluding hydrogens is 370 g/mol. The Bertz CT molecular complexity index is 1150. The van der Waals surface area contributed by atoms with Gasteiger partial charge in [-0.05, 0) is 29.3 Å². The first kappa shape index (κ1) is 17.6. The molecule has 29 heavy (non-hydrogen) atoms. The molecular formula is C22H21N3O4. The van der Waals surface area contributed by atoms with E-state index < -0.39 is 12.1 Å². The fourth-order valence-corrected chi connectivity index (χ4v) is 4.62. The zero-order chi connectivity index (χ0) is 20.3. The number of aromatic hydroxyl groups is 1. The first-order chi connectivity index (χ1) is 14.0. The van der Waals surface area contributed by atoms with Crippen molar-refractivity contribution in [2.75, 3.05) is 20.7 Å². The van der Waals surface area contributed by atoms with E-state index in [0.717, 1.165) is 27.7 Å². The molecule has 2 atom stereocenters. The van der Waals surface area contributed by atoms with E-state index in [2.05, 4.69) is 4.98 Å². The first-order valence-electron chi connectivity index (χ1n) is 9.52. The minimum atomic E-state index is -0.558. The number of methoxy groups -OCH3 is 1. The summed E-state index contributed by atoms with van der Waals surface area (Å²) in [6.07, 6.45) is 0.472. The Morgan fingerprint density at radius 2 is 1.97 bits per heavy atom. The Balaban J connectivity index is 1.76. The molecule has 148 valence electrons. The number of carbonyl (C=O) groups excluding carboxylic acids is 2. The number of phenols is 1. The van der Waals surface area contributed by atoms with E-state index in [4.69, 9.17) is 4.74 Å². The summed E-state index contributed by atoms with van der Waals surface area (Å²) in [6, 6.07) is 12.0. The highest BCUT2D eigenvalue weighted by atomic mass is 16.5. The van der Waals surface area contributed by atoms with Crippen molar-refractivity contribution in [2.24, 2.45) is 0 Å². The van der Waals surface area contributed by atoms with Crippen LogP contribution in [0.15, 0.2) is 42.5 Å². The fourth-order valence-electron chi connectivity index (χ4n) is 4.62. The third-order valence-electron chi connectivity index (χ3n) is 5.97. The summed E-state index contributed by atoms with van der Waals surface area (Å²) in [5.74, 6) is 0.200. The minimum absolute atomic E-state index is 0.0289. The van der Waals surface area contributed by atoms with Crippen LogP contribution in [-0.4, -0.2) is 58.4 Å². The molecule has 0 saturated carbocycles. The van der Waals surface area contributed by atoms with Crippen molar-refractivity contribution in [1.82, 2.24) is 14.8 Å². The van der Waals surface area contributed by atoms with E-state index in [1.165, 1.54) is 12.0 Å². The maximum Gasteiger partial charge on any atom is 0.245 e. The third-order valence-corrected chi connectivity index (χ3v) is 5.97. The Kier molecular flexibility index (Phi) is 3.81. The van der Waals surface area contributed by atoms with E-state index in [1.807, 2.05) is 24.3 Å². The average Bonchev–Trinajstić information content (AvgIpc) is 3.09. The number of hydrogen-bond donors (Lipinski definition) is 2. The topological polar surface area (TPSA) is 85.9 Å². The van der Waals surface area contributed by atoms with Crippen LogP contribution in [0.5, 0.6) is 11.5 Å². The van der Waals surface area contributed by atoms with Crippen molar-refractivity contribution in [3.63, 3.8) is 0 Å². The van der Waals surface area contributed by atoms with Gasteiger partial charge in [0.25, 0.3) is 0 Å². The molecule has 1 fully saturated rings. The summed E-state index contributed by atoms with van der Waals surface area (Å²) < 4.78 is 5.29. The predicted octanol–water partition coefficient (Wildman–Crippen LogP) is 2.20. The normalized spacial score (nSPS) is 21.3. The lowest BCUT2D eigenvalue weighted by Gasteiger charge is -2.46. The van der Waals surface area contributed by atoms with Crippen LogP contribution in [0.3, 0.4) is 0 Å². The summed E-state index contributed by atoms with van der Waals surface area (Å²) in [7, 11) is 3.16. The molecule has 2 amide bonds. The fraction of sp³-hybridized carbons (Fsp3) is 0.273. The molecule has 0 unspecified atom stereocenters. The van der Waals surface area contributed by atoms with Crippen LogP contribution in [0.2, 0.25) is 0 Å². The number of carbonyl (C=O) groups is 2. The highest BCUT2D eigenvalue weighted by Gasteiger charge is 2.47. The maximum absolute atomic E-state index is 13.1. The number of ether oxygens (including phenoxy) is 1. The van der Waals surface area contributed by atoms with E-state index in [0.29, 0.717) is 12.2 Å². The molecule has 0 aliphatic carbocycles. The summed E-state index contributed by atoms with van der Waals surface area (Å²) in [5, 5.41) is 11.1. The van der Waals surface area contributed by atoms with Gasteiger partial charge in [-0.1, -0.05) is 24.3 Å². The molecule has 7 heteroatoms. The van der Waals surface area contributed by atoms with Crippen molar-refractivity contribution in [3.8, 4) is 11.5 Å². The maximum atomic E-state index is 13.1. The van der Waals surface area contributed by atoms with Gasteiger partial charge < -0.3 is 24.6 Å². The second-order valence-corrected chi connectivity index (χ2v) is 7.61. The number of benzene rings is 2. The standard InChI is InChI=1S/C22H21N3O4/c1-24-11-19(27)25-16(22(24)28)10-14-13-5-3-4-6-15(13)23-20(14)21(25)12-7-8-17(26)18(9-12)29-2/h3-9,16,21,23,26H,10-11H2,1-2H3/t16-,21+/m1/s1. The van der Waals surface area contributed by atoms with Gasteiger partial charge in [0.15, 0.2) is 11.5 Å². The monoisotopic (exact) mass is 391 g/mol. The molecule has 2 aromatic carbocycles. The van der Waals surface area contributed by atoms with Crippen LogP contribution in [0, 0.1) is 0 Å². The molecule has 3 heterocycles. The molecule has 1 saturated heterocycles. The number of fused-ring (bicyclic) bond motifs is 4. The van der Waals surface area contributed by atoms with Crippen molar-refractivity contribution < 1.29 is 19.4 Å². The number of nitrogens with one attached hydrogen (secondary N) is 1. The SMILES string of the molecule is COc1cc([C@H]2c3[nH]c4ccccc4c3C[C@@H]3C(=O)N(C)CC(=O)N23)ccc1O. The Labute approximate surface area is 167 Å². The smallest absolute Gasteiger partial charge is 0.245 e. The number of rotatable bonds is 2. The number of aromatic nitrogens is 1. The summed E-state index contributed by atoms with van der Waals surface area (Å²) in [4.78, 5) is 32.7. The van der Waals surface area contributed by atoms with Crippen molar-refractivity contribution in [3.05, 3.63) is 59.3 Å². The lowest BCUT2D eigenvalue weighted by Crippen LogP contribution is -2.62. The molecule has 3 aromatic rings. The van der Waals surface area contributed by atoms with Gasteiger partial charge in [-0.2, -0.15) is 0 Å². The highest BCUT2D eigenvalue weighted by Crippen LogP contribution is 2.43. The second kappa shape index (κ2) is 6.27. The van der Waals surface area contributed by atoms with Crippen LogP contribution >= 0.6 is 0 Å². The van der Waals surface area contributed by atoms with Crippen molar-refractivity contribution >= 4 is 22.7 Å². The van der Waals surface area contributed by atoms with Gasteiger partial charge in [-0.25, -0.2) is 0 Å². The zero-order valence-electron chi connectivity index (χ0n) is 16.2. The van der Waals surface area contributed by atoms with E-state index in [-0.39, 0.29) is 24.1 Å². The Morgan fingerprint density at radius 1 is 1.17 bits per heavy atom. The van der Waals surface area contributed by atoms with Crippen LogP contribution in [0.25, 0.3) is 10.9 Å². The van der Waals surface area contributed by atoms with Gasteiger partial charge in [0.05, 0.1) is 19.7 Å². The van der Waals surface area contributed by atoms with Crippen LogP contribution in [-0.2, 0) is 16.0 Å². The molecule has 7 nitrogen and oxygen atoms in total. The highest BCUT2D eigenvalue weighted by molar-refractivity contribution is 5.97. The molecule has 2 N–H and O–H groups in total. The van der Waals surface area contributed by atoms with Gasteiger partial charge in [0.1, 0.15) is 6.04 Å². The van der Waals surface area contributed by atoms with Gasteiger partial charge in [0, 0.05) is 30.1 Å². The van der Waals surface area contributed by atoms with Gasteiger partial charge in [0.2, 0.25) is 11.8 Å². The third kappa shape index (κ3) is 2.50. The lowest BCUT2D eigenvalue weighted by atomic mass is 9.86. The van der Waals surface area contributed by atoms with Gasteiger partial charge in [-0.15, -0.1) is 0 Å². The van der Waals surface area contributed by atoms with Crippen molar-refractivity contribution in [2.45, 2.75) is 18.5 Å². The summed E-state index contributed by atoms with van der Waals surface area (Å²) in [5.41, 5.74) is 3.71. The molecule has 0 bridgehead atoms. The zero-order valence-corrected chi connectivity index (χ0v) is 16.2. The lowest BCUT2D eigenvalue weighted by molar-refractivity contribution is -0.157. The molecule has 1 aromatic heterocycles. The molecule has 0 spiro atoms. The minimum Gasteiger partial charge on any atom is -0.504 e. The Morgan fingerprint density at radius 3 is 2.76 bits per heavy atom. The number of aromatic amines is 1. The predicted molar refractivity (Wildman–Crippen MR) is 107 cm³/mol. The van der Waals surface area contributed by atoms with Crippen LogP contribution in [0.4, 0.5) is 0 Å². The number of H-pyrrole nitrogens is 1. The van der Waals surface area contributed by atoms with E-state index in [1.54, 1.807) is 30.1 Å². The summed E-state index contributed by atoms with van der Waals surface area (Å²) >= 11 is 0. The van der Waals surface area contributed by atoms with E-state index in [9.17, 15) is 14.7 Å². The van der Waals surface area contributed by atoms with Gasteiger partial charge in [-0.3, -0.25) is 9.59 Å². The number of para-hydroxylation sites is 1. The average molecular weight is 391 g/mol. The Hall–Kier alpha value is -3.48. The number of hydrogen-bond acceptors (Lipinski definition) is 4. The molecule has 2 aliphatic heterocycles.